The standard InChI is InChI=1S/C39H38ClN5O4/c1-20-12-13-29-28(10-8-14-49-27-15-21(2)34(40)22(3)16-27)37-38(46)44(31-11-7-9-26-17-30(39(47)48)43-35(26)31)18-23(4)45(37)36(29)32(20)33-24(5)41-19-42-25(33)6/h7,9,11-13,15-17,19,23,43H,8,10,14,18H2,1-6H3,(H,47,48)/t23-/m1/s1. The third-order valence-corrected chi connectivity index (χ3v) is 10.3. The number of carboxylic acid groups (broad SMARTS) is 1. The van der Waals surface area contributed by atoms with E-state index in [-0.39, 0.29) is 17.6 Å². The second-order valence-corrected chi connectivity index (χ2v) is 13.5. The molecule has 0 spiro atoms. The average molecular weight is 676 g/mol. The number of amides is 1. The monoisotopic (exact) mass is 675 g/mol. The Bertz CT molecular complexity index is 2280. The van der Waals surface area contributed by atoms with E-state index in [9.17, 15) is 14.7 Å². The van der Waals surface area contributed by atoms with Crippen LogP contribution in [-0.2, 0) is 6.42 Å². The van der Waals surface area contributed by atoms with E-state index in [1.807, 2.05) is 58.0 Å². The van der Waals surface area contributed by atoms with Crippen LogP contribution in [0, 0.1) is 34.6 Å². The second-order valence-electron chi connectivity index (χ2n) is 13.1. The van der Waals surface area contributed by atoms with E-state index < -0.39 is 5.97 Å². The highest BCUT2D eigenvalue weighted by atomic mass is 35.5. The molecule has 1 aliphatic heterocycles. The molecular weight excluding hydrogens is 638 g/mol. The molecule has 0 saturated heterocycles. The molecule has 3 aromatic heterocycles. The number of ether oxygens (including phenoxy) is 1. The Kier molecular flexibility index (Phi) is 8.19. The van der Waals surface area contributed by atoms with E-state index in [0.717, 1.165) is 71.8 Å². The van der Waals surface area contributed by atoms with Crippen LogP contribution in [0.2, 0.25) is 5.02 Å². The number of nitrogens with one attached hydrogen (secondary N) is 1. The van der Waals surface area contributed by atoms with Crippen molar-refractivity contribution in [1.29, 1.82) is 0 Å². The number of carbonyl (C=O) groups excluding carboxylic acids is 1. The van der Waals surface area contributed by atoms with Gasteiger partial charge >= 0.3 is 5.97 Å². The molecule has 6 aromatic rings. The van der Waals surface area contributed by atoms with E-state index in [1.165, 1.54) is 0 Å². The van der Waals surface area contributed by atoms with Gasteiger partial charge in [-0.2, -0.15) is 0 Å². The number of anilines is 1. The van der Waals surface area contributed by atoms with Gasteiger partial charge in [-0.05, 0) is 101 Å². The van der Waals surface area contributed by atoms with E-state index >= 15 is 0 Å². The summed E-state index contributed by atoms with van der Waals surface area (Å²) in [4.78, 5) is 40.6. The number of fused-ring (bicyclic) bond motifs is 4. The molecule has 1 amide bonds. The van der Waals surface area contributed by atoms with Crippen LogP contribution in [0.25, 0.3) is 32.9 Å². The lowest BCUT2D eigenvalue weighted by molar-refractivity contribution is 0.0691. The minimum absolute atomic E-state index is 0.0803. The largest absolute Gasteiger partial charge is 0.494 e. The molecule has 10 heteroatoms. The average Bonchev–Trinajstić information content (AvgIpc) is 3.65. The summed E-state index contributed by atoms with van der Waals surface area (Å²) in [5.74, 6) is -0.409. The minimum atomic E-state index is -1.05. The fourth-order valence-corrected chi connectivity index (χ4v) is 7.55. The van der Waals surface area contributed by atoms with Crippen LogP contribution in [0.3, 0.4) is 0 Å². The smallest absolute Gasteiger partial charge is 0.352 e. The van der Waals surface area contributed by atoms with E-state index in [4.69, 9.17) is 16.3 Å². The van der Waals surface area contributed by atoms with Gasteiger partial charge in [0.05, 0.1) is 23.3 Å². The first-order chi connectivity index (χ1) is 23.5. The predicted molar refractivity (Wildman–Crippen MR) is 194 cm³/mol. The number of benzene rings is 3. The molecule has 0 radical (unpaired) electrons. The first kappa shape index (κ1) is 32.4. The summed E-state index contributed by atoms with van der Waals surface area (Å²) in [5.41, 5.74) is 10.7. The number of aromatic nitrogens is 4. The van der Waals surface area contributed by atoms with Gasteiger partial charge in [0.1, 0.15) is 23.5 Å². The molecule has 1 atom stereocenters. The van der Waals surface area contributed by atoms with Crippen molar-refractivity contribution < 1.29 is 19.4 Å². The zero-order valence-corrected chi connectivity index (χ0v) is 29.2. The maximum Gasteiger partial charge on any atom is 0.352 e. The first-order valence-corrected chi connectivity index (χ1v) is 16.8. The highest BCUT2D eigenvalue weighted by molar-refractivity contribution is 6.32. The Labute approximate surface area is 289 Å². The molecule has 3 aromatic carbocycles. The van der Waals surface area contributed by atoms with Gasteiger partial charge in [-0.15, -0.1) is 0 Å². The van der Waals surface area contributed by atoms with Crippen molar-refractivity contribution in [3.63, 3.8) is 0 Å². The normalized spacial score (nSPS) is 14.6. The number of aromatic carboxylic acids is 1. The zero-order valence-electron chi connectivity index (χ0n) is 28.4. The summed E-state index contributed by atoms with van der Waals surface area (Å²) >= 11 is 6.39. The van der Waals surface area contributed by atoms with E-state index in [2.05, 4.69) is 45.5 Å². The van der Waals surface area contributed by atoms with Gasteiger partial charge in [-0.1, -0.05) is 35.9 Å². The van der Waals surface area contributed by atoms with Crippen LogP contribution in [-0.4, -0.2) is 49.7 Å². The molecule has 0 aliphatic carbocycles. The minimum Gasteiger partial charge on any atom is -0.494 e. The number of aromatic amines is 1. The summed E-state index contributed by atoms with van der Waals surface area (Å²) in [6.45, 7) is 13.0. The van der Waals surface area contributed by atoms with Gasteiger partial charge in [-0.3, -0.25) is 4.79 Å². The second kappa shape index (κ2) is 12.4. The molecule has 49 heavy (non-hydrogen) atoms. The predicted octanol–water partition coefficient (Wildman–Crippen LogP) is 8.71. The van der Waals surface area contributed by atoms with Crippen molar-refractivity contribution >= 4 is 51.0 Å². The number of halogens is 1. The number of H-pyrrole nitrogens is 1. The Morgan fingerprint density at radius 3 is 2.41 bits per heavy atom. The highest BCUT2D eigenvalue weighted by Crippen LogP contribution is 2.44. The lowest BCUT2D eigenvalue weighted by Gasteiger charge is -2.34. The van der Waals surface area contributed by atoms with Crippen LogP contribution in [0.15, 0.2) is 54.9 Å². The fraction of sp³-hybridized carbons (Fsp3) is 0.282. The number of aryl methyl sites for hydroxylation is 6. The Morgan fingerprint density at radius 2 is 1.71 bits per heavy atom. The number of carbonyl (C=O) groups is 2. The molecular formula is C39H38ClN5O4. The SMILES string of the molecule is Cc1cc(OCCCc2c3n(c4c(-c5c(C)ncnc5C)c(C)ccc24)[C@H](C)CN(c2cccc4cc(C(=O)O)[nH]c24)C3=O)cc(C)c1Cl. The van der Waals surface area contributed by atoms with Crippen LogP contribution < -0.4 is 9.64 Å². The number of carboxylic acids is 1. The number of hydrogen-bond donors (Lipinski definition) is 2. The van der Waals surface area contributed by atoms with Crippen LogP contribution in [0.4, 0.5) is 5.69 Å². The molecule has 4 heterocycles. The van der Waals surface area contributed by atoms with E-state index in [1.54, 1.807) is 17.3 Å². The number of para-hydroxylation sites is 1. The van der Waals surface area contributed by atoms with Gasteiger partial charge in [-0.25, -0.2) is 14.8 Å². The highest BCUT2D eigenvalue weighted by Gasteiger charge is 2.37. The molecule has 1 aliphatic rings. The van der Waals surface area contributed by atoms with Gasteiger partial charge in [0, 0.05) is 50.9 Å². The van der Waals surface area contributed by atoms with Crippen molar-refractivity contribution in [3.05, 3.63) is 105 Å². The Hall–Kier alpha value is -5.15. The van der Waals surface area contributed by atoms with Crippen LogP contribution in [0.5, 0.6) is 5.75 Å². The molecule has 0 unspecified atom stereocenters. The summed E-state index contributed by atoms with van der Waals surface area (Å²) in [7, 11) is 0. The van der Waals surface area contributed by atoms with Gasteiger partial charge in [0.25, 0.3) is 5.91 Å². The molecule has 7 rings (SSSR count). The van der Waals surface area contributed by atoms with Crippen LogP contribution >= 0.6 is 11.6 Å². The molecule has 250 valence electrons. The summed E-state index contributed by atoms with van der Waals surface area (Å²) in [6.07, 6.45) is 2.88. The fourth-order valence-electron chi connectivity index (χ4n) is 7.44. The molecule has 2 N–H and O–H groups in total. The summed E-state index contributed by atoms with van der Waals surface area (Å²) in [6, 6.07) is 15.2. The maximum atomic E-state index is 14.9. The molecule has 0 bridgehead atoms. The number of nitrogens with zero attached hydrogens (tertiary/aromatic N) is 4. The van der Waals surface area contributed by atoms with Crippen molar-refractivity contribution in [2.45, 2.75) is 60.4 Å². The van der Waals surface area contributed by atoms with Crippen molar-refractivity contribution in [2.24, 2.45) is 0 Å². The van der Waals surface area contributed by atoms with Gasteiger partial charge < -0.3 is 24.3 Å². The third kappa shape index (κ3) is 5.42. The topological polar surface area (TPSA) is 113 Å². The van der Waals surface area contributed by atoms with Gasteiger partial charge in [0.15, 0.2) is 0 Å². The van der Waals surface area contributed by atoms with E-state index in [0.29, 0.717) is 42.9 Å². The van der Waals surface area contributed by atoms with Gasteiger partial charge in [0.2, 0.25) is 0 Å². The summed E-state index contributed by atoms with van der Waals surface area (Å²) in [5, 5.41) is 12.2. The number of rotatable bonds is 8. The first-order valence-electron chi connectivity index (χ1n) is 16.5. The van der Waals surface area contributed by atoms with Crippen molar-refractivity contribution in [3.8, 4) is 16.9 Å². The lowest BCUT2D eigenvalue weighted by atomic mass is 9.94. The quantitative estimate of drug-likeness (QED) is 0.156. The molecule has 0 saturated carbocycles. The Morgan fingerprint density at radius 1 is 1.00 bits per heavy atom. The maximum absolute atomic E-state index is 14.9. The third-order valence-electron chi connectivity index (χ3n) is 9.70. The Balaban J connectivity index is 1.37. The molecule has 0 fully saturated rings. The summed E-state index contributed by atoms with van der Waals surface area (Å²) < 4.78 is 8.41. The molecule has 9 nitrogen and oxygen atoms in total. The van der Waals surface area contributed by atoms with Crippen LogP contribution in [0.1, 0.15) is 74.0 Å². The van der Waals surface area contributed by atoms with Crippen molar-refractivity contribution in [1.82, 2.24) is 19.5 Å². The zero-order chi connectivity index (χ0) is 34.7. The number of hydrogen-bond acceptors (Lipinski definition) is 5. The lowest BCUT2D eigenvalue weighted by Crippen LogP contribution is -2.42. The van der Waals surface area contributed by atoms with Crippen molar-refractivity contribution in [2.75, 3.05) is 18.1 Å².